The lowest BCUT2D eigenvalue weighted by molar-refractivity contribution is -0.672. The normalized spacial score (nSPS) is 14.8. The molecule has 4 N–H and O–H groups in total. The first kappa shape index (κ1) is 29.0. The predicted octanol–water partition coefficient (Wildman–Crippen LogP) is 2.88. The van der Waals surface area contributed by atoms with Crippen LogP contribution in [0.3, 0.4) is 0 Å². The number of benzene rings is 1. The fraction of sp³-hybridized carbons (Fsp3) is 0.593. The summed E-state index contributed by atoms with van der Waals surface area (Å²) in [5.74, 6) is -0.538. The molecule has 1 aliphatic heterocycles. The van der Waals surface area contributed by atoms with Gasteiger partial charge in [0, 0.05) is 37.2 Å². The molecule has 0 radical (unpaired) electrons. The number of nitrogens with one attached hydrogen (secondary N) is 2. The highest BCUT2D eigenvalue weighted by Crippen LogP contribution is 2.27. The third kappa shape index (κ3) is 8.77. The number of hydrogen-bond acceptors (Lipinski definition) is 7. The molecule has 3 rings (SSSR count). The van der Waals surface area contributed by atoms with Gasteiger partial charge in [0.15, 0.2) is 5.13 Å². The Bertz CT molecular complexity index is 1050. The number of quaternary nitrogens is 1. The minimum absolute atomic E-state index is 0.0276. The molecule has 1 atom stereocenters. The molecule has 1 aliphatic rings. The van der Waals surface area contributed by atoms with Gasteiger partial charge in [-0.2, -0.15) is 0 Å². The second-order valence-electron chi connectivity index (χ2n) is 10.8. The Morgan fingerprint density at radius 1 is 1.27 bits per heavy atom. The minimum Gasteiger partial charge on any atom is -0.378 e. The van der Waals surface area contributed by atoms with Gasteiger partial charge in [0.2, 0.25) is 0 Å². The zero-order valence-corrected chi connectivity index (χ0v) is 23.7. The monoisotopic (exact) mass is 532 g/mol. The van der Waals surface area contributed by atoms with Crippen LogP contribution in [-0.2, 0) is 16.0 Å². The quantitative estimate of drug-likeness (QED) is 0.342. The first-order chi connectivity index (χ1) is 17.6. The number of thiazole rings is 1. The van der Waals surface area contributed by atoms with Gasteiger partial charge in [0.1, 0.15) is 12.2 Å². The van der Waals surface area contributed by atoms with Crippen molar-refractivity contribution in [1.29, 1.82) is 0 Å². The molecule has 1 aromatic carbocycles. The number of methoxy groups -OCH3 is 1. The molecule has 0 saturated carbocycles. The SMILES string of the molecule is CCC(C)NC(=O)c1cc(C[NH2+]CCOCC(C)(C)C)ccc1NC(=O)c1csc(N2CC(OC)C2)n1. The number of aromatic nitrogens is 1. The molecule has 2 heterocycles. The number of ether oxygens (including phenoxy) is 2. The molecule has 2 aromatic rings. The average molecular weight is 533 g/mol. The Morgan fingerprint density at radius 3 is 2.70 bits per heavy atom. The van der Waals surface area contributed by atoms with E-state index in [0.717, 1.165) is 43.4 Å². The molecule has 10 heteroatoms. The first-order valence-corrected chi connectivity index (χ1v) is 13.9. The van der Waals surface area contributed by atoms with E-state index < -0.39 is 0 Å². The average Bonchev–Trinajstić information content (AvgIpc) is 3.30. The van der Waals surface area contributed by atoms with Crippen molar-refractivity contribution < 1.29 is 24.4 Å². The lowest BCUT2D eigenvalue weighted by Gasteiger charge is -2.37. The summed E-state index contributed by atoms with van der Waals surface area (Å²) in [5.41, 5.74) is 2.41. The van der Waals surface area contributed by atoms with Gasteiger partial charge in [-0.1, -0.05) is 33.8 Å². The Labute approximate surface area is 224 Å². The van der Waals surface area contributed by atoms with E-state index >= 15 is 0 Å². The number of hydrogen-bond donors (Lipinski definition) is 3. The van der Waals surface area contributed by atoms with Crippen molar-refractivity contribution in [3.63, 3.8) is 0 Å². The van der Waals surface area contributed by atoms with Crippen molar-refractivity contribution in [2.24, 2.45) is 5.41 Å². The van der Waals surface area contributed by atoms with Crippen LogP contribution in [0.5, 0.6) is 0 Å². The standard InChI is InChI=1S/C27H41N5O4S/c1-7-18(2)29-24(33)21-12-19(13-28-10-11-36-17-27(3,4)5)8-9-22(21)30-25(34)23-16-37-26(31-23)32-14-20(15-32)35-6/h8-9,12,16,18,20,28H,7,10-11,13-15,17H2,1-6H3,(H,29,33)(H,30,34)/p+1. The van der Waals surface area contributed by atoms with Gasteiger partial charge in [-0.15, -0.1) is 11.3 Å². The van der Waals surface area contributed by atoms with Gasteiger partial charge in [0.25, 0.3) is 11.8 Å². The zero-order chi connectivity index (χ0) is 27.0. The Hall–Kier alpha value is -2.53. The van der Waals surface area contributed by atoms with Crippen molar-refractivity contribution in [1.82, 2.24) is 10.3 Å². The number of amides is 2. The highest BCUT2D eigenvalue weighted by molar-refractivity contribution is 7.14. The number of nitrogens with zero attached hydrogens (tertiary/aromatic N) is 2. The molecule has 0 spiro atoms. The molecular formula is C27H42N5O4S+. The maximum absolute atomic E-state index is 13.1. The van der Waals surface area contributed by atoms with Crippen molar-refractivity contribution in [3.8, 4) is 0 Å². The third-order valence-electron chi connectivity index (χ3n) is 6.12. The van der Waals surface area contributed by atoms with Crippen molar-refractivity contribution in [2.45, 2.75) is 59.7 Å². The molecule has 1 aromatic heterocycles. The maximum atomic E-state index is 13.1. The van der Waals surface area contributed by atoms with E-state index in [0.29, 0.717) is 30.1 Å². The van der Waals surface area contributed by atoms with Crippen LogP contribution in [-0.4, -0.2) is 68.9 Å². The molecule has 204 valence electrons. The second kappa shape index (κ2) is 13.3. The molecule has 9 nitrogen and oxygen atoms in total. The van der Waals surface area contributed by atoms with Crippen molar-refractivity contribution in [2.75, 3.05) is 50.2 Å². The van der Waals surface area contributed by atoms with E-state index in [1.807, 2.05) is 26.0 Å². The van der Waals surface area contributed by atoms with Crippen LogP contribution in [0.2, 0.25) is 0 Å². The van der Waals surface area contributed by atoms with Crippen LogP contribution in [0.15, 0.2) is 23.6 Å². The van der Waals surface area contributed by atoms with Gasteiger partial charge in [-0.3, -0.25) is 9.59 Å². The lowest BCUT2D eigenvalue weighted by atomic mass is 9.99. The van der Waals surface area contributed by atoms with Crippen LogP contribution in [0.1, 0.15) is 67.4 Å². The number of carbonyl (C=O) groups excluding carboxylic acids is 2. The first-order valence-electron chi connectivity index (χ1n) is 13.0. The Morgan fingerprint density at radius 2 is 2.03 bits per heavy atom. The van der Waals surface area contributed by atoms with E-state index in [9.17, 15) is 9.59 Å². The smallest absolute Gasteiger partial charge is 0.275 e. The predicted molar refractivity (Wildman–Crippen MR) is 148 cm³/mol. The summed E-state index contributed by atoms with van der Waals surface area (Å²) in [5, 5.41) is 10.6. The molecule has 0 aliphatic carbocycles. The van der Waals surface area contributed by atoms with Gasteiger partial charge < -0.3 is 30.3 Å². The van der Waals surface area contributed by atoms with Crippen molar-refractivity contribution in [3.05, 3.63) is 40.4 Å². The molecule has 1 saturated heterocycles. The summed E-state index contributed by atoms with van der Waals surface area (Å²) in [6.45, 7) is 14.9. The summed E-state index contributed by atoms with van der Waals surface area (Å²) in [6, 6.07) is 5.63. The largest absolute Gasteiger partial charge is 0.378 e. The molecule has 1 fully saturated rings. The summed E-state index contributed by atoms with van der Waals surface area (Å²) in [6.07, 6.45) is 1.02. The van der Waals surface area contributed by atoms with Crippen LogP contribution >= 0.6 is 11.3 Å². The van der Waals surface area contributed by atoms with Crippen LogP contribution < -0.4 is 20.9 Å². The minimum atomic E-state index is -0.334. The van der Waals surface area contributed by atoms with Gasteiger partial charge in [-0.05, 0) is 30.9 Å². The molecule has 1 unspecified atom stereocenters. The number of rotatable bonds is 13. The topological polar surface area (TPSA) is 109 Å². The van der Waals surface area contributed by atoms with E-state index in [1.54, 1.807) is 18.6 Å². The fourth-order valence-corrected chi connectivity index (χ4v) is 4.50. The molecule has 0 bridgehead atoms. The highest BCUT2D eigenvalue weighted by Gasteiger charge is 2.29. The summed E-state index contributed by atoms with van der Waals surface area (Å²) in [4.78, 5) is 32.7. The van der Waals surface area contributed by atoms with Gasteiger partial charge in [0.05, 0.1) is 37.1 Å². The molecule has 2 amide bonds. The third-order valence-corrected chi connectivity index (χ3v) is 7.03. The van der Waals surface area contributed by atoms with E-state index in [-0.39, 0.29) is 29.4 Å². The number of carbonyl (C=O) groups is 2. The van der Waals surface area contributed by atoms with E-state index in [2.05, 4.69) is 46.6 Å². The summed E-state index contributed by atoms with van der Waals surface area (Å²) < 4.78 is 11.1. The molecule has 37 heavy (non-hydrogen) atoms. The summed E-state index contributed by atoms with van der Waals surface area (Å²) in [7, 11) is 1.70. The van der Waals surface area contributed by atoms with Crippen LogP contribution in [0.4, 0.5) is 10.8 Å². The van der Waals surface area contributed by atoms with Crippen LogP contribution in [0.25, 0.3) is 0 Å². The van der Waals surface area contributed by atoms with Gasteiger partial charge >= 0.3 is 0 Å². The van der Waals surface area contributed by atoms with Gasteiger partial charge in [-0.25, -0.2) is 4.98 Å². The number of anilines is 2. The highest BCUT2D eigenvalue weighted by atomic mass is 32.1. The fourth-order valence-electron chi connectivity index (χ4n) is 3.68. The van der Waals surface area contributed by atoms with E-state index in [4.69, 9.17) is 9.47 Å². The Kier molecular flexibility index (Phi) is 10.5. The van der Waals surface area contributed by atoms with Crippen LogP contribution in [0, 0.1) is 5.41 Å². The number of nitrogens with two attached hydrogens (primary N) is 1. The lowest BCUT2D eigenvalue weighted by Crippen LogP contribution is -2.83. The Balaban J connectivity index is 1.64. The zero-order valence-electron chi connectivity index (χ0n) is 22.9. The maximum Gasteiger partial charge on any atom is 0.275 e. The van der Waals surface area contributed by atoms with Crippen molar-refractivity contribution >= 4 is 34.0 Å². The molecular weight excluding hydrogens is 490 g/mol. The second-order valence-corrected chi connectivity index (χ2v) is 11.6. The summed E-state index contributed by atoms with van der Waals surface area (Å²) >= 11 is 1.43. The van der Waals surface area contributed by atoms with E-state index in [1.165, 1.54) is 11.3 Å².